The number of hydrogen-bond acceptors (Lipinski definition) is 12. The number of aliphatic hydroxyl groups excluding tert-OH is 8. The van der Waals surface area contributed by atoms with Gasteiger partial charge >= 0.3 is 5.97 Å². The summed E-state index contributed by atoms with van der Waals surface area (Å²) >= 11 is 0. The van der Waals surface area contributed by atoms with Crippen LogP contribution in [0.1, 0.15) is 0 Å². The number of carbonyl (C=O) groups is 1. The fraction of sp³-hybridized carbons (Fsp3) is 0.929. The summed E-state index contributed by atoms with van der Waals surface area (Å²) in [6.45, 7) is -1.55. The average Bonchev–Trinajstić information content (AvgIpc) is 2.65. The van der Waals surface area contributed by atoms with Crippen molar-refractivity contribution < 1.29 is 65.0 Å². The van der Waals surface area contributed by atoms with Gasteiger partial charge in [0.05, 0.1) is 13.2 Å². The lowest BCUT2D eigenvalue weighted by Crippen LogP contribution is -2.66. The Morgan fingerprint density at radius 3 is 1.96 bits per heavy atom. The van der Waals surface area contributed by atoms with E-state index < -0.39 is 86.5 Å². The quantitative estimate of drug-likeness (QED) is 0.203. The van der Waals surface area contributed by atoms with Crippen LogP contribution in [0.15, 0.2) is 0 Å². The fourth-order valence-electron chi connectivity index (χ4n) is 3.02. The maximum atomic E-state index is 10.9. The molecule has 0 bridgehead atoms. The molecule has 13 nitrogen and oxygen atoms in total. The van der Waals surface area contributed by atoms with E-state index in [1.54, 1.807) is 0 Å². The first kappa shape index (κ1) is 22.3. The van der Waals surface area contributed by atoms with E-state index in [4.69, 9.17) is 24.4 Å². The van der Waals surface area contributed by atoms with Gasteiger partial charge in [-0.1, -0.05) is 0 Å². The van der Waals surface area contributed by atoms with Crippen LogP contribution in [0.5, 0.6) is 0 Å². The highest BCUT2D eigenvalue weighted by Gasteiger charge is 2.52. The van der Waals surface area contributed by atoms with Gasteiger partial charge in [-0.05, 0) is 0 Å². The number of aliphatic carboxylic acids is 1. The minimum absolute atomic E-state index is 0.729. The maximum absolute atomic E-state index is 10.9. The Bertz CT molecular complexity index is 499. The van der Waals surface area contributed by atoms with Gasteiger partial charge in [0.1, 0.15) is 54.9 Å². The molecule has 2 aliphatic heterocycles. The molecule has 9 N–H and O–H groups in total. The molecular weight excluding hydrogens is 376 g/mol. The van der Waals surface area contributed by atoms with Crippen molar-refractivity contribution in [2.24, 2.45) is 0 Å². The Morgan fingerprint density at radius 1 is 0.852 bits per heavy atom. The highest BCUT2D eigenvalue weighted by molar-refractivity contribution is 5.72. The number of ether oxygens (including phenoxy) is 3. The first-order chi connectivity index (χ1) is 12.6. The van der Waals surface area contributed by atoms with Crippen molar-refractivity contribution in [3.8, 4) is 0 Å². The molecule has 0 spiro atoms. The van der Waals surface area contributed by atoms with Crippen LogP contribution in [-0.2, 0) is 19.0 Å². The molecule has 2 heterocycles. The monoisotopic (exact) mass is 400 g/mol. The van der Waals surface area contributed by atoms with Crippen LogP contribution in [0.2, 0.25) is 0 Å². The van der Waals surface area contributed by atoms with Gasteiger partial charge in [-0.2, -0.15) is 0 Å². The molecule has 2 fully saturated rings. The summed E-state index contributed by atoms with van der Waals surface area (Å²) in [4.78, 5) is 10.9. The predicted molar refractivity (Wildman–Crippen MR) is 80.0 cm³/mol. The topological polar surface area (TPSA) is 227 Å². The second kappa shape index (κ2) is 9.02. The summed E-state index contributed by atoms with van der Waals surface area (Å²) in [6.07, 6.45) is -19.0. The van der Waals surface area contributed by atoms with E-state index in [1.807, 2.05) is 0 Å². The lowest BCUT2D eigenvalue weighted by Gasteiger charge is -2.46. The zero-order valence-corrected chi connectivity index (χ0v) is 13.9. The van der Waals surface area contributed by atoms with Gasteiger partial charge in [-0.25, -0.2) is 4.79 Å². The summed E-state index contributed by atoms with van der Waals surface area (Å²) in [7, 11) is 0. The van der Waals surface area contributed by atoms with Crippen LogP contribution in [0.25, 0.3) is 0 Å². The first-order valence-corrected chi connectivity index (χ1v) is 8.13. The molecule has 0 aromatic rings. The van der Waals surface area contributed by atoms with Crippen LogP contribution in [0.4, 0.5) is 0 Å². The SMILES string of the molecule is O=C(O)C(O)C1O[C@H](CO)[C@@H](O[C@@H]2O[C@H](CO)[C@H](O)[C@H](O)[C@H]2O)[C@H](O)[C@H]1O. The van der Waals surface area contributed by atoms with Crippen molar-refractivity contribution >= 4 is 5.97 Å². The van der Waals surface area contributed by atoms with E-state index in [9.17, 15) is 40.5 Å². The van der Waals surface area contributed by atoms with Gasteiger partial charge in [0.25, 0.3) is 0 Å². The van der Waals surface area contributed by atoms with Crippen molar-refractivity contribution in [2.45, 2.75) is 67.3 Å². The van der Waals surface area contributed by atoms with Gasteiger partial charge < -0.3 is 60.2 Å². The molecule has 11 atom stereocenters. The van der Waals surface area contributed by atoms with Gasteiger partial charge in [0, 0.05) is 0 Å². The average molecular weight is 400 g/mol. The van der Waals surface area contributed by atoms with Crippen molar-refractivity contribution in [1.82, 2.24) is 0 Å². The number of hydrogen-bond donors (Lipinski definition) is 9. The van der Waals surface area contributed by atoms with Crippen molar-refractivity contribution in [1.29, 1.82) is 0 Å². The summed E-state index contributed by atoms with van der Waals surface area (Å²) in [5, 5.41) is 86.7. The van der Waals surface area contributed by atoms with Gasteiger partial charge in [0.15, 0.2) is 12.4 Å². The van der Waals surface area contributed by atoms with Crippen molar-refractivity contribution in [3.05, 3.63) is 0 Å². The molecule has 0 aromatic carbocycles. The molecular formula is C14H24O13. The zero-order valence-electron chi connectivity index (χ0n) is 13.9. The standard InChI is InChI=1S/C14H24O13/c15-1-3-5(17)6(18)9(21)14(26-3)27-11-4(2-16)25-12(8(20)7(11)19)10(22)13(23)24/h3-12,14-22H,1-2H2,(H,23,24)/t3-,4-,5+,6+,7-,8-,9-,10?,11-,12?,14+/m1/s1. The van der Waals surface area contributed by atoms with Crippen molar-refractivity contribution in [3.63, 3.8) is 0 Å². The molecule has 158 valence electrons. The minimum atomic E-state index is -2.20. The third kappa shape index (κ3) is 4.38. The molecule has 2 unspecified atom stereocenters. The highest BCUT2D eigenvalue weighted by atomic mass is 16.7. The Labute approximate surface area is 152 Å². The lowest BCUT2D eigenvalue weighted by atomic mass is 9.92. The molecule has 0 radical (unpaired) electrons. The van der Waals surface area contributed by atoms with Gasteiger partial charge in [0.2, 0.25) is 0 Å². The van der Waals surface area contributed by atoms with Crippen LogP contribution < -0.4 is 0 Å². The van der Waals surface area contributed by atoms with E-state index in [-0.39, 0.29) is 0 Å². The number of rotatable bonds is 6. The van der Waals surface area contributed by atoms with Crippen molar-refractivity contribution in [2.75, 3.05) is 13.2 Å². The normalized spacial score (nSPS) is 46.8. The lowest BCUT2D eigenvalue weighted by molar-refractivity contribution is -0.344. The molecule has 0 saturated carbocycles. The molecule has 2 rings (SSSR count). The molecule has 2 saturated heterocycles. The molecule has 27 heavy (non-hydrogen) atoms. The summed E-state index contributed by atoms with van der Waals surface area (Å²) in [5.74, 6) is -1.73. The number of carboxylic acid groups (broad SMARTS) is 1. The molecule has 0 aromatic heterocycles. The van der Waals surface area contributed by atoms with E-state index in [0.717, 1.165) is 0 Å². The third-order valence-corrected chi connectivity index (χ3v) is 4.61. The Kier molecular flexibility index (Phi) is 7.46. The molecule has 0 amide bonds. The molecule has 0 aliphatic carbocycles. The van der Waals surface area contributed by atoms with Gasteiger partial charge in [-0.15, -0.1) is 0 Å². The number of aliphatic hydroxyl groups is 8. The van der Waals surface area contributed by atoms with Crippen LogP contribution in [0, 0.1) is 0 Å². The van der Waals surface area contributed by atoms with E-state index in [0.29, 0.717) is 0 Å². The second-order valence-corrected chi connectivity index (χ2v) is 6.38. The molecule has 13 heteroatoms. The largest absolute Gasteiger partial charge is 0.479 e. The second-order valence-electron chi connectivity index (χ2n) is 6.38. The predicted octanol–water partition coefficient (Wildman–Crippen LogP) is -5.90. The third-order valence-electron chi connectivity index (χ3n) is 4.61. The first-order valence-electron chi connectivity index (χ1n) is 8.13. The fourth-order valence-corrected chi connectivity index (χ4v) is 3.02. The van der Waals surface area contributed by atoms with Crippen LogP contribution in [-0.4, -0.2) is 132 Å². The van der Waals surface area contributed by atoms with E-state index in [1.165, 1.54) is 0 Å². The minimum Gasteiger partial charge on any atom is -0.479 e. The number of carboxylic acids is 1. The summed E-state index contributed by atoms with van der Waals surface area (Å²) in [6, 6.07) is 0. The highest BCUT2D eigenvalue weighted by Crippen LogP contribution is 2.30. The molecule has 2 aliphatic rings. The van der Waals surface area contributed by atoms with Gasteiger partial charge in [-0.3, -0.25) is 0 Å². The maximum Gasteiger partial charge on any atom is 0.335 e. The Balaban J connectivity index is 2.16. The van der Waals surface area contributed by atoms with E-state index >= 15 is 0 Å². The van der Waals surface area contributed by atoms with Crippen LogP contribution in [0.3, 0.4) is 0 Å². The smallest absolute Gasteiger partial charge is 0.335 e. The Morgan fingerprint density at radius 2 is 1.44 bits per heavy atom. The van der Waals surface area contributed by atoms with Crippen LogP contribution >= 0.6 is 0 Å². The zero-order chi connectivity index (χ0) is 20.5. The summed E-state index contributed by atoms with van der Waals surface area (Å²) in [5.41, 5.74) is 0. The summed E-state index contributed by atoms with van der Waals surface area (Å²) < 4.78 is 15.5. The van der Waals surface area contributed by atoms with E-state index in [2.05, 4.69) is 0 Å². The Hall–Kier alpha value is -0.970.